The van der Waals surface area contributed by atoms with Gasteiger partial charge in [0.25, 0.3) is 11.8 Å². The number of hydrogen-bond acceptors (Lipinski definition) is 5. The van der Waals surface area contributed by atoms with Gasteiger partial charge in [0.2, 0.25) is 0 Å². The van der Waals surface area contributed by atoms with Gasteiger partial charge in [0.15, 0.2) is 0 Å². The molecule has 2 N–H and O–H groups in total. The Kier molecular flexibility index (Phi) is 6.23. The summed E-state index contributed by atoms with van der Waals surface area (Å²) in [5, 5.41) is 7.79. The summed E-state index contributed by atoms with van der Waals surface area (Å²) in [5.74, 6) is -0.994. The molecule has 0 unspecified atom stereocenters. The lowest BCUT2D eigenvalue weighted by Gasteiger charge is -2.22. The van der Waals surface area contributed by atoms with Crippen LogP contribution in [-0.2, 0) is 28.2 Å². The number of carbonyl (C=O) groups excluding carboxylic acids is 3. The van der Waals surface area contributed by atoms with Gasteiger partial charge in [0, 0.05) is 18.3 Å². The molecule has 1 aromatic heterocycles. The zero-order valence-electron chi connectivity index (χ0n) is 18.6. The smallest absolute Gasteiger partial charge is 0.318 e. The molecule has 9 nitrogen and oxygen atoms in total. The van der Waals surface area contributed by atoms with Crippen LogP contribution in [0, 0.1) is 0 Å². The lowest BCUT2D eigenvalue weighted by Crippen LogP contribution is -2.50. The molecule has 4 amide bonds. The minimum atomic E-state index is -1.23. The van der Waals surface area contributed by atoms with Crippen LogP contribution in [0.15, 0.2) is 73.1 Å². The Labute approximate surface area is 192 Å². The normalized spacial score (nSPS) is 18.0. The first kappa shape index (κ1) is 22.2. The van der Waals surface area contributed by atoms with Gasteiger partial charge >= 0.3 is 6.03 Å². The fraction of sp³-hybridized carbons (Fsp3) is 0.250. The summed E-state index contributed by atoms with van der Waals surface area (Å²) >= 11 is 0. The van der Waals surface area contributed by atoms with Crippen molar-refractivity contribution in [2.75, 3.05) is 13.6 Å². The highest BCUT2D eigenvalue weighted by atomic mass is 16.2. The topological polar surface area (TPSA) is 99.6 Å². The van der Waals surface area contributed by atoms with E-state index in [-0.39, 0.29) is 6.54 Å². The number of nitrogens with zero attached hydrogens (tertiary/aromatic N) is 4. The third-order valence-corrected chi connectivity index (χ3v) is 5.52. The van der Waals surface area contributed by atoms with Gasteiger partial charge in [-0.1, -0.05) is 60.7 Å². The molecule has 1 aliphatic heterocycles. The molecular formula is C24H26N6O3. The van der Waals surface area contributed by atoms with E-state index in [1.54, 1.807) is 49.3 Å². The van der Waals surface area contributed by atoms with Gasteiger partial charge in [0.05, 0.1) is 19.3 Å². The minimum Gasteiger partial charge on any atom is -0.318 e. The molecule has 1 fully saturated rings. The Hall–Kier alpha value is -3.98. The number of hydrogen-bond donors (Lipinski definition) is 2. The summed E-state index contributed by atoms with van der Waals surface area (Å²) in [7, 11) is 1.79. The van der Waals surface area contributed by atoms with Crippen molar-refractivity contribution < 1.29 is 14.4 Å². The summed E-state index contributed by atoms with van der Waals surface area (Å²) in [6, 6.07) is 18.3. The van der Waals surface area contributed by atoms with Crippen molar-refractivity contribution in [3.63, 3.8) is 0 Å². The lowest BCUT2D eigenvalue weighted by atomic mass is 9.92. The third-order valence-electron chi connectivity index (χ3n) is 5.52. The van der Waals surface area contributed by atoms with Crippen LogP contribution in [0.25, 0.3) is 0 Å². The number of urea groups is 1. The second kappa shape index (κ2) is 9.25. The lowest BCUT2D eigenvalue weighted by molar-refractivity contribution is -0.139. The molecule has 9 heteroatoms. The number of benzene rings is 2. The van der Waals surface area contributed by atoms with Gasteiger partial charge in [-0.25, -0.2) is 4.79 Å². The first-order valence-corrected chi connectivity index (χ1v) is 10.6. The molecule has 0 saturated carbocycles. The molecule has 2 aromatic carbocycles. The Morgan fingerprint density at radius 1 is 1.06 bits per heavy atom. The van der Waals surface area contributed by atoms with Crippen molar-refractivity contribution in [2.45, 2.75) is 25.6 Å². The summed E-state index contributed by atoms with van der Waals surface area (Å²) in [6.07, 6.45) is 3.70. The van der Waals surface area contributed by atoms with Crippen LogP contribution in [0.2, 0.25) is 0 Å². The highest BCUT2D eigenvalue weighted by Crippen LogP contribution is 2.27. The van der Waals surface area contributed by atoms with Gasteiger partial charge < -0.3 is 5.32 Å². The van der Waals surface area contributed by atoms with E-state index in [0.29, 0.717) is 18.7 Å². The first-order chi connectivity index (χ1) is 15.8. The molecule has 33 heavy (non-hydrogen) atoms. The summed E-state index contributed by atoms with van der Waals surface area (Å²) in [5.41, 5.74) is 3.94. The molecule has 0 spiro atoms. The fourth-order valence-electron chi connectivity index (χ4n) is 3.83. The minimum absolute atomic E-state index is 0.00295. The molecule has 1 saturated heterocycles. The highest BCUT2D eigenvalue weighted by molar-refractivity contribution is 6.08. The number of nitrogens with one attached hydrogen (secondary N) is 2. The molecule has 3 aromatic rings. The van der Waals surface area contributed by atoms with Crippen LogP contribution in [0.1, 0.15) is 23.6 Å². The third kappa shape index (κ3) is 4.93. The Bertz CT molecular complexity index is 1150. The van der Waals surface area contributed by atoms with Crippen molar-refractivity contribution in [1.29, 1.82) is 0 Å². The van der Waals surface area contributed by atoms with Crippen LogP contribution in [0.4, 0.5) is 4.79 Å². The summed E-state index contributed by atoms with van der Waals surface area (Å²) in [4.78, 5) is 39.6. The quantitative estimate of drug-likeness (QED) is 0.515. The zero-order chi connectivity index (χ0) is 23.4. The van der Waals surface area contributed by atoms with Crippen LogP contribution in [0.5, 0.6) is 0 Å². The molecule has 4 rings (SSSR count). The number of aromatic nitrogens is 2. The predicted octanol–water partition coefficient (Wildman–Crippen LogP) is 1.86. The maximum absolute atomic E-state index is 12.9. The number of amides is 4. The average Bonchev–Trinajstić information content (AvgIpc) is 3.32. The van der Waals surface area contributed by atoms with E-state index in [1.807, 2.05) is 47.3 Å². The Balaban J connectivity index is 1.32. The first-order valence-electron chi connectivity index (χ1n) is 10.6. The fourth-order valence-corrected chi connectivity index (χ4v) is 3.83. The largest absolute Gasteiger partial charge is 0.344 e. The molecule has 1 aliphatic rings. The molecular weight excluding hydrogens is 420 g/mol. The van der Waals surface area contributed by atoms with Gasteiger partial charge in [-0.3, -0.25) is 24.6 Å². The van der Waals surface area contributed by atoms with Crippen molar-refractivity contribution in [2.24, 2.45) is 0 Å². The molecule has 2 heterocycles. The SMILES string of the molecule is CN(CC(=O)NN1C(=O)N[C@](C)(c2ccccc2)C1=O)Cc1cnn(Cc2ccccc2)c1. The van der Waals surface area contributed by atoms with Crippen molar-refractivity contribution in [1.82, 2.24) is 30.4 Å². The number of rotatable bonds is 8. The number of carbonyl (C=O) groups is 3. The van der Waals surface area contributed by atoms with Crippen LogP contribution < -0.4 is 10.7 Å². The highest BCUT2D eigenvalue weighted by Gasteiger charge is 2.49. The van der Waals surface area contributed by atoms with E-state index in [9.17, 15) is 14.4 Å². The molecule has 1 atom stereocenters. The van der Waals surface area contributed by atoms with E-state index < -0.39 is 23.4 Å². The predicted molar refractivity (Wildman–Crippen MR) is 121 cm³/mol. The second-order valence-corrected chi connectivity index (χ2v) is 8.30. The van der Waals surface area contributed by atoms with Crippen LogP contribution >= 0.6 is 0 Å². The number of likely N-dealkylation sites (N-methyl/N-ethyl adjacent to an activating group) is 1. The Morgan fingerprint density at radius 3 is 2.42 bits per heavy atom. The van der Waals surface area contributed by atoms with Crippen molar-refractivity contribution in [3.8, 4) is 0 Å². The van der Waals surface area contributed by atoms with E-state index >= 15 is 0 Å². The van der Waals surface area contributed by atoms with Gasteiger partial charge in [-0.05, 0) is 25.1 Å². The standard InChI is InChI=1S/C24H26N6O3/c1-24(20-11-7-4-8-12-20)22(32)30(23(33)26-24)27-21(31)17-28(2)14-19-13-25-29(16-19)15-18-9-5-3-6-10-18/h3-13,16H,14-15,17H2,1-2H3,(H,26,33)(H,27,31)/t24-/m1/s1. The van der Waals surface area contributed by atoms with Crippen molar-refractivity contribution >= 4 is 17.8 Å². The molecule has 170 valence electrons. The average molecular weight is 447 g/mol. The second-order valence-electron chi connectivity index (χ2n) is 8.30. The molecule has 0 aliphatic carbocycles. The van der Waals surface area contributed by atoms with Crippen molar-refractivity contribution in [3.05, 3.63) is 89.7 Å². The maximum atomic E-state index is 12.9. The number of hydrazine groups is 1. The summed E-state index contributed by atoms with van der Waals surface area (Å²) in [6.45, 7) is 2.78. The van der Waals surface area contributed by atoms with E-state index in [4.69, 9.17) is 0 Å². The Morgan fingerprint density at radius 2 is 1.73 bits per heavy atom. The molecule has 0 bridgehead atoms. The van der Waals surface area contributed by atoms with Crippen LogP contribution in [0.3, 0.4) is 0 Å². The van der Waals surface area contributed by atoms with E-state index in [1.165, 1.54) is 0 Å². The summed E-state index contributed by atoms with van der Waals surface area (Å²) < 4.78 is 1.84. The van der Waals surface area contributed by atoms with E-state index in [2.05, 4.69) is 15.8 Å². The van der Waals surface area contributed by atoms with Gasteiger partial charge in [-0.2, -0.15) is 10.1 Å². The number of imide groups is 1. The maximum Gasteiger partial charge on any atom is 0.344 e. The van der Waals surface area contributed by atoms with Crippen LogP contribution in [-0.4, -0.2) is 51.1 Å². The van der Waals surface area contributed by atoms with Gasteiger partial charge in [-0.15, -0.1) is 0 Å². The zero-order valence-corrected chi connectivity index (χ0v) is 18.6. The molecule has 0 radical (unpaired) electrons. The van der Waals surface area contributed by atoms with Gasteiger partial charge in [0.1, 0.15) is 5.54 Å². The monoisotopic (exact) mass is 446 g/mol. The van der Waals surface area contributed by atoms with E-state index in [0.717, 1.165) is 16.1 Å².